The minimum atomic E-state index is -0.257. The monoisotopic (exact) mass is 341 g/mol. The van der Waals surface area contributed by atoms with E-state index in [2.05, 4.69) is 0 Å². The van der Waals surface area contributed by atoms with Crippen LogP contribution in [0, 0.1) is 29.6 Å². The van der Waals surface area contributed by atoms with Gasteiger partial charge in [-0.05, 0) is 36.3 Å². The molecule has 0 atom stereocenters. The molecule has 0 saturated carbocycles. The second-order valence-electron chi connectivity index (χ2n) is 4.94. The van der Waals surface area contributed by atoms with Crippen LogP contribution in [0.15, 0.2) is 16.9 Å². The molecule has 0 aliphatic carbocycles. The Morgan fingerprint density at radius 3 is 2.33 bits per heavy atom. The molecule has 0 unspecified atom stereocenters. The molecule has 24 heavy (non-hydrogen) atoms. The van der Waals surface area contributed by atoms with Gasteiger partial charge in [-0.2, -0.15) is 10.5 Å². The highest BCUT2D eigenvalue weighted by atomic mass is 32.1. The molecule has 2 rings (SSSR count). The van der Waals surface area contributed by atoms with Crippen molar-refractivity contribution >= 4 is 23.0 Å². The van der Waals surface area contributed by atoms with Crippen LogP contribution in [0.1, 0.15) is 11.1 Å². The third kappa shape index (κ3) is 3.03. The van der Waals surface area contributed by atoms with Crippen LogP contribution in [0.5, 0.6) is 11.5 Å². The van der Waals surface area contributed by atoms with Crippen molar-refractivity contribution in [3.63, 3.8) is 0 Å². The third-order valence-corrected chi connectivity index (χ3v) is 4.71. The predicted molar refractivity (Wildman–Crippen MR) is 91.3 cm³/mol. The van der Waals surface area contributed by atoms with Gasteiger partial charge in [0.2, 0.25) is 0 Å². The summed E-state index contributed by atoms with van der Waals surface area (Å²) < 4.78 is 12.6. The summed E-state index contributed by atoms with van der Waals surface area (Å²) in [5.41, 5.74) is 1.37. The van der Waals surface area contributed by atoms with Gasteiger partial charge in [0.05, 0.1) is 18.8 Å². The molecule has 1 heterocycles. The third-order valence-electron chi connectivity index (χ3n) is 3.52. The summed E-state index contributed by atoms with van der Waals surface area (Å²) >= 11 is 1.11. The Morgan fingerprint density at radius 1 is 1.21 bits per heavy atom. The van der Waals surface area contributed by atoms with E-state index in [1.165, 1.54) is 4.57 Å². The Morgan fingerprint density at radius 2 is 1.79 bits per heavy atom. The van der Waals surface area contributed by atoms with Crippen LogP contribution in [0.2, 0.25) is 0 Å². The average Bonchev–Trinajstić information content (AvgIpc) is 2.86. The number of nitriles is 2. The Balaban J connectivity index is 2.78. The minimum absolute atomic E-state index is 0.0803. The first-order valence-electron chi connectivity index (χ1n) is 6.91. The van der Waals surface area contributed by atoms with Gasteiger partial charge in [0, 0.05) is 7.05 Å². The van der Waals surface area contributed by atoms with Gasteiger partial charge in [-0.25, -0.2) is 0 Å². The van der Waals surface area contributed by atoms with E-state index in [4.69, 9.17) is 20.0 Å². The van der Waals surface area contributed by atoms with E-state index in [9.17, 15) is 4.79 Å². The molecule has 0 fully saturated rings. The van der Waals surface area contributed by atoms with E-state index in [-0.39, 0.29) is 11.1 Å². The number of rotatable bonds is 3. The molecule has 6 nitrogen and oxygen atoms in total. The Labute approximate surface area is 142 Å². The maximum absolute atomic E-state index is 12.4. The van der Waals surface area contributed by atoms with E-state index >= 15 is 0 Å². The molecule has 2 aromatic rings. The molecule has 0 spiro atoms. The summed E-state index contributed by atoms with van der Waals surface area (Å²) in [6.07, 6.45) is 1.72. The first-order chi connectivity index (χ1) is 11.5. The van der Waals surface area contributed by atoms with Crippen LogP contribution in [-0.2, 0) is 7.05 Å². The van der Waals surface area contributed by atoms with Gasteiger partial charge in [-0.3, -0.25) is 4.79 Å². The lowest BCUT2D eigenvalue weighted by molar-refractivity contribution is 0.354. The number of aryl methyl sites for hydroxylation is 1. The Kier molecular flexibility index (Phi) is 5.08. The van der Waals surface area contributed by atoms with Crippen molar-refractivity contribution in [1.82, 2.24) is 4.57 Å². The van der Waals surface area contributed by atoms with Crippen LogP contribution in [0.25, 0.3) is 11.6 Å². The van der Waals surface area contributed by atoms with Gasteiger partial charge in [-0.1, -0.05) is 0 Å². The molecule has 0 aliphatic rings. The number of aromatic nitrogens is 1. The van der Waals surface area contributed by atoms with Crippen molar-refractivity contribution in [2.75, 3.05) is 14.2 Å². The van der Waals surface area contributed by atoms with E-state index in [1.54, 1.807) is 33.4 Å². The quantitative estimate of drug-likeness (QED) is 0.824. The van der Waals surface area contributed by atoms with Crippen LogP contribution in [-0.4, -0.2) is 18.8 Å². The zero-order valence-electron chi connectivity index (χ0n) is 13.7. The van der Waals surface area contributed by atoms with Gasteiger partial charge >= 0.3 is 0 Å². The summed E-state index contributed by atoms with van der Waals surface area (Å²) in [7, 11) is 4.64. The number of ether oxygens (including phenoxy) is 2. The first kappa shape index (κ1) is 17.3. The number of hydrogen-bond acceptors (Lipinski definition) is 6. The van der Waals surface area contributed by atoms with E-state index in [0.29, 0.717) is 20.7 Å². The lowest BCUT2D eigenvalue weighted by atomic mass is 10.1. The summed E-state index contributed by atoms with van der Waals surface area (Å²) in [5, 5.41) is 18.0. The molecule has 0 aliphatic heterocycles. The highest BCUT2D eigenvalue weighted by molar-refractivity contribution is 7.07. The zero-order chi connectivity index (χ0) is 17.9. The van der Waals surface area contributed by atoms with Crippen molar-refractivity contribution in [3.8, 4) is 23.6 Å². The Bertz CT molecular complexity index is 1030. The topological polar surface area (TPSA) is 88.0 Å². The van der Waals surface area contributed by atoms with Gasteiger partial charge in [0.25, 0.3) is 5.56 Å². The van der Waals surface area contributed by atoms with Gasteiger partial charge in [0.15, 0.2) is 17.1 Å². The number of hydrogen-bond donors (Lipinski definition) is 0. The smallest absolute Gasteiger partial charge is 0.268 e. The van der Waals surface area contributed by atoms with Crippen molar-refractivity contribution in [2.24, 2.45) is 7.05 Å². The number of thiazole rings is 1. The summed E-state index contributed by atoms with van der Waals surface area (Å²) in [6, 6.07) is 7.24. The SMILES string of the molecule is COc1cc(C)c(/C=c2/sc(=C(C#N)C#N)n(C)c2=O)cc1OC. The lowest BCUT2D eigenvalue weighted by Crippen LogP contribution is -2.29. The fraction of sp³-hybridized carbons (Fsp3) is 0.235. The predicted octanol–water partition coefficient (Wildman–Crippen LogP) is 0.799. The summed E-state index contributed by atoms with van der Waals surface area (Å²) in [4.78, 5) is 12.4. The maximum atomic E-state index is 12.4. The van der Waals surface area contributed by atoms with Crippen LogP contribution in [0.3, 0.4) is 0 Å². The fourth-order valence-electron chi connectivity index (χ4n) is 2.20. The van der Waals surface area contributed by atoms with Gasteiger partial charge in [0.1, 0.15) is 16.8 Å². The summed E-state index contributed by atoms with van der Waals surface area (Å²) in [5.74, 6) is 1.17. The van der Waals surface area contributed by atoms with Crippen molar-refractivity contribution < 1.29 is 9.47 Å². The molecule has 7 heteroatoms. The van der Waals surface area contributed by atoms with Crippen LogP contribution >= 0.6 is 11.3 Å². The molecular weight excluding hydrogens is 326 g/mol. The molecule has 122 valence electrons. The molecular formula is C17H15N3O3S. The standard InChI is InChI=1S/C17H15N3O3S/c1-10-5-13(22-3)14(23-4)6-11(10)7-15-16(21)20(2)17(24-15)12(8-18)9-19/h5-7H,1-4H3/b15-7+. The minimum Gasteiger partial charge on any atom is -0.493 e. The van der Waals surface area contributed by atoms with E-state index in [0.717, 1.165) is 22.5 Å². The van der Waals surface area contributed by atoms with Crippen molar-refractivity contribution in [2.45, 2.75) is 6.92 Å². The second kappa shape index (κ2) is 7.03. The molecule has 0 bridgehead atoms. The zero-order valence-corrected chi connectivity index (χ0v) is 14.5. The van der Waals surface area contributed by atoms with E-state index in [1.807, 2.05) is 25.1 Å². The Hall–Kier alpha value is -3.03. The largest absolute Gasteiger partial charge is 0.493 e. The maximum Gasteiger partial charge on any atom is 0.268 e. The second-order valence-corrected chi connectivity index (χ2v) is 5.97. The average molecular weight is 341 g/mol. The number of benzene rings is 1. The van der Waals surface area contributed by atoms with Crippen LogP contribution < -0.4 is 24.2 Å². The highest BCUT2D eigenvalue weighted by Gasteiger charge is 2.09. The molecule has 1 aromatic carbocycles. The van der Waals surface area contributed by atoms with Crippen molar-refractivity contribution in [1.29, 1.82) is 10.5 Å². The molecule has 0 N–H and O–H groups in total. The molecule has 0 saturated heterocycles. The number of methoxy groups -OCH3 is 2. The van der Waals surface area contributed by atoms with Crippen LogP contribution in [0.4, 0.5) is 0 Å². The number of nitrogens with zero attached hydrogens (tertiary/aromatic N) is 3. The highest BCUT2D eigenvalue weighted by Crippen LogP contribution is 2.30. The molecule has 1 aromatic heterocycles. The van der Waals surface area contributed by atoms with Gasteiger partial charge in [-0.15, -0.1) is 11.3 Å². The van der Waals surface area contributed by atoms with Gasteiger partial charge < -0.3 is 14.0 Å². The lowest BCUT2D eigenvalue weighted by Gasteiger charge is -2.10. The first-order valence-corrected chi connectivity index (χ1v) is 7.73. The molecule has 0 amide bonds. The molecule has 0 radical (unpaired) electrons. The van der Waals surface area contributed by atoms with E-state index < -0.39 is 0 Å². The summed E-state index contributed by atoms with van der Waals surface area (Å²) in [6.45, 7) is 1.90. The fourth-order valence-corrected chi connectivity index (χ4v) is 3.23. The normalized spacial score (nSPS) is 10.8. The van der Waals surface area contributed by atoms with Crippen molar-refractivity contribution in [3.05, 3.63) is 42.8 Å².